The number of nitriles is 1. The summed E-state index contributed by atoms with van der Waals surface area (Å²) in [4.78, 5) is 2.40. The topological polar surface area (TPSA) is 45.5 Å². The fourth-order valence-electron chi connectivity index (χ4n) is 2.79. The van der Waals surface area contributed by atoms with Crippen LogP contribution in [0.25, 0.3) is 0 Å². The SMILES string of the molecule is COc1cc(CN2CCCC(C)(OC)C2)ccc1C#N. The number of methoxy groups -OCH3 is 2. The maximum Gasteiger partial charge on any atom is 0.136 e. The number of likely N-dealkylation sites (tertiary alicyclic amines) is 1. The highest BCUT2D eigenvalue weighted by molar-refractivity contribution is 5.45. The van der Waals surface area contributed by atoms with E-state index in [1.165, 1.54) is 5.56 Å². The number of hydrogen-bond donors (Lipinski definition) is 0. The molecule has 0 radical (unpaired) electrons. The van der Waals surface area contributed by atoms with Gasteiger partial charge in [0.15, 0.2) is 0 Å². The predicted octanol–water partition coefficient (Wildman–Crippen LogP) is 2.57. The van der Waals surface area contributed by atoms with Gasteiger partial charge in [-0.2, -0.15) is 5.26 Å². The fraction of sp³-hybridized carbons (Fsp3) is 0.562. The average Bonchev–Trinajstić information content (AvgIpc) is 2.47. The van der Waals surface area contributed by atoms with E-state index in [9.17, 15) is 0 Å². The third-order valence-corrected chi connectivity index (χ3v) is 4.02. The quantitative estimate of drug-likeness (QED) is 0.846. The van der Waals surface area contributed by atoms with Gasteiger partial charge >= 0.3 is 0 Å². The lowest BCUT2D eigenvalue weighted by molar-refractivity contribution is -0.0527. The first-order valence-corrected chi connectivity index (χ1v) is 6.95. The average molecular weight is 274 g/mol. The Hall–Kier alpha value is -1.57. The lowest BCUT2D eigenvalue weighted by Crippen LogP contribution is -2.46. The molecule has 1 saturated heterocycles. The van der Waals surface area contributed by atoms with Crippen LogP contribution in [0.5, 0.6) is 5.75 Å². The van der Waals surface area contributed by atoms with Gasteiger partial charge in [-0.15, -0.1) is 0 Å². The van der Waals surface area contributed by atoms with Crippen molar-refractivity contribution < 1.29 is 9.47 Å². The summed E-state index contributed by atoms with van der Waals surface area (Å²) in [5.74, 6) is 0.650. The van der Waals surface area contributed by atoms with Crippen LogP contribution in [-0.4, -0.2) is 37.8 Å². The van der Waals surface area contributed by atoms with Gasteiger partial charge in [0.2, 0.25) is 0 Å². The van der Waals surface area contributed by atoms with Gasteiger partial charge in [-0.05, 0) is 44.0 Å². The predicted molar refractivity (Wildman–Crippen MR) is 77.6 cm³/mol. The number of rotatable bonds is 4. The number of hydrogen-bond acceptors (Lipinski definition) is 4. The highest BCUT2D eigenvalue weighted by Gasteiger charge is 2.30. The van der Waals surface area contributed by atoms with Crippen molar-refractivity contribution in [3.8, 4) is 11.8 Å². The fourth-order valence-corrected chi connectivity index (χ4v) is 2.79. The summed E-state index contributed by atoms with van der Waals surface area (Å²) in [5.41, 5.74) is 1.70. The Bertz CT molecular complexity index is 510. The number of piperidine rings is 1. The van der Waals surface area contributed by atoms with Gasteiger partial charge in [0, 0.05) is 20.2 Å². The zero-order chi connectivity index (χ0) is 14.6. The largest absolute Gasteiger partial charge is 0.495 e. The zero-order valence-corrected chi connectivity index (χ0v) is 12.5. The molecule has 0 spiro atoms. The molecule has 0 saturated carbocycles. The normalized spacial score (nSPS) is 23.3. The summed E-state index contributed by atoms with van der Waals surface area (Å²) in [5, 5.41) is 9.01. The van der Waals surface area contributed by atoms with Gasteiger partial charge in [0.25, 0.3) is 0 Å². The highest BCUT2D eigenvalue weighted by Crippen LogP contribution is 2.26. The molecular weight excluding hydrogens is 252 g/mol. The maximum absolute atomic E-state index is 9.01. The molecule has 1 aliphatic rings. The number of benzene rings is 1. The van der Waals surface area contributed by atoms with Gasteiger partial charge in [0.05, 0.1) is 18.3 Å². The highest BCUT2D eigenvalue weighted by atomic mass is 16.5. The molecule has 0 bridgehead atoms. The van der Waals surface area contributed by atoms with E-state index in [1.54, 1.807) is 14.2 Å². The second-order valence-electron chi connectivity index (χ2n) is 5.61. The Morgan fingerprint density at radius 2 is 2.20 bits per heavy atom. The van der Waals surface area contributed by atoms with Crippen LogP contribution < -0.4 is 4.74 Å². The minimum absolute atomic E-state index is 0.0467. The van der Waals surface area contributed by atoms with Crippen molar-refractivity contribution in [3.63, 3.8) is 0 Å². The van der Waals surface area contributed by atoms with Crippen molar-refractivity contribution >= 4 is 0 Å². The molecule has 4 nitrogen and oxygen atoms in total. The van der Waals surface area contributed by atoms with Crippen LogP contribution in [0.4, 0.5) is 0 Å². The molecule has 0 amide bonds. The van der Waals surface area contributed by atoms with Crippen LogP contribution in [0.1, 0.15) is 30.9 Å². The Labute approximate surface area is 120 Å². The monoisotopic (exact) mass is 274 g/mol. The summed E-state index contributed by atoms with van der Waals surface area (Å²) in [6.07, 6.45) is 2.26. The molecule has 0 aliphatic carbocycles. The molecule has 1 aromatic rings. The lowest BCUT2D eigenvalue weighted by atomic mass is 9.94. The first-order valence-electron chi connectivity index (χ1n) is 6.95. The second kappa shape index (κ2) is 6.25. The maximum atomic E-state index is 9.01. The second-order valence-corrected chi connectivity index (χ2v) is 5.61. The third-order valence-electron chi connectivity index (χ3n) is 4.02. The molecular formula is C16H22N2O2. The Kier molecular flexibility index (Phi) is 4.64. The van der Waals surface area contributed by atoms with Crippen molar-refractivity contribution in [1.29, 1.82) is 5.26 Å². The molecule has 1 fully saturated rings. The summed E-state index contributed by atoms with van der Waals surface area (Å²) in [7, 11) is 3.39. The van der Waals surface area contributed by atoms with E-state index in [0.717, 1.165) is 32.5 Å². The molecule has 0 aromatic heterocycles. The van der Waals surface area contributed by atoms with Crippen LogP contribution in [-0.2, 0) is 11.3 Å². The molecule has 20 heavy (non-hydrogen) atoms. The first kappa shape index (κ1) is 14.8. The van der Waals surface area contributed by atoms with Crippen LogP contribution in [0.15, 0.2) is 18.2 Å². The summed E-state index contributed by atoms with van der Waals surface area (Å²) >= 11 is 0. The van der Waals surface area contributed by atoms with Crippen molar-refractivity contribution in [1.82, 2.24) is 4.90 Å². The van der Waals surface area contributed by atoms with Gasteiger partial charge in [0.1, 0.15) is 11.8 Å². The zero-order valence-electron chi connectivity index (χ0n) is 12.5. The van der Waals surface area contributed by atoms with E-state index in [1.807, 2.05) is 18.2 Å². The Morgan fingerprint density at radius 1 is 1.40 bits per heavy atom. The van der Waals surface area contributed by atoms with Crippen LogP contribution in [0.3, 0.4) is 0 Å². The Morgan fingerprint density at radius 3 is 2.85 bits per heavy atom. The number of nitrogens with zero attached hydrogens (tertiary/aromatic N) is 2. The standard InChI is InChI=1S/C16H22N2O2/c1-16(20-3)7-4-8-18(12-16)11-13-5-6-14(10-17)15(9-13)19-2/h5-6,9H,4,7-8,11-12H2,1-3H3. The molecule has 0 N–H and O–H groups in total. The van der Waals surface area contributed by atoms with Gasteiger partial charge in [-0.25, -0.2) is 0 Å². The lowest BCUT2D eigenvalue weighted by Gasteiger charge is -2.39. The molecule has 1 aromatic carbocycles. The molecule has 4 heteroatoms. The first-order chi connectivity index (χ1) is 9.60. The van der Waals surface area contributed by atoms with E-state index < -0.39 is 0 Å². The van der Waals surface area contributed by atoms with E-state index in [2.05, 4.69) is 17.9 Å². The molecule has 1 atom stereocenters. The van der Waals surface area contributed by atoms with E-state index in [-0.39, 0.29) is 5.60 Å². The molecule has 1 aliphatic heterocycles. The minimum atomic E-state index is -0.0467. The van der Waals surface area contributed by atoms with Crippen LogP contribution in [0, 0.1) is 11.3 Å². The van der Waals surface area contributed by atoms with Gasteiger partial charge in [-0.1, -0.05) is 6.07 Å². The summed E-state index contributed by atoms with van der Waals surface area (Å²) < 4.78 is 10.9. The summed E-state index contributed by atoms with van der Waals surface area (Å²) in [6.45, 7) is 5.05. The minimum Gasteiger partial charge on any atom is -0.495 e. The third kappa shape index (κ3) is 3.30. The number of ether oxygens (including phenoxy) is 2. The summed E-state index contributed by atoms with van der Waals surface area (Å²) in [6, 6.07) is 7.92. The Balaban J connectivity index is 2.08. The van der Waals surface area contributed by atoms with E-state index >= 15 is 0 Å². The van der Waals surface area contributed by atoms with Gasteiger partial charge in [-0.3, -0.25) is 4.90 Å². The van der Waals surface area contributed by atoms with Crippen LogP contribution >= 0.6 is 0 Å². The van der Waals surface area contributed by atoms with E-state index in [4.69, 9.17) is 14.7 Å². The molecule has 2 rings (SSSR count). The molecule has 1 heterocycles. The van der Waals surface area contributed by atoms with Crippen molar-refractivity contribution in [2.24, 2.45) is 0 Å². The van der Waals surface area contributed by atoms with Crippen molar-refractivity contribution in [2.75, 3.05) is 27.3 Å². The smallest absolute Gasteiger partial charge is 0.136 e. The van der Waals surface area contributed by atoms with E-state index in [0.29, 0.717) is 11.3 Å². The molecule has 108 valence electrons. The molecule has 1 unspecified atom stereocenters. The van der Waals surface area contributed by atoms with Crippen molar-refractivity contribution in [2.45, 2.75) is 31.9 Å². The van der Waals surface area contributed by atoms with Gasteiger partial charge < -0.3 is 9.47 Å². The van der Waals surface area contributed by atoms with Crippen LogP contribution in [0.2, 0.25) is 0 Å². The van der Waals surface area contributed by atoms with Crippen molar-refractivity contribution in [3.05, 3.63) is 29.3 Å².